The van der Waals surface area contributed by atoms with Crippen LogP contribution in [0.1, 0.15) is 6.92 Å². The zero-order valence-electron chi connectivity index (χ0n) is 9.43. The standard InChI is InChI=1S/C10H9N5O3/c1-3-18-5-15-4-11-7-8(15)13-10(12-6(2)16)14-9(7)17/h1,4H,5H2,2H3,(H2,12,13,14,16,17). The fourth-order valence-corrected chi connectivity index (χ4v) is 1.38. The van der Waals surface area contributed by atoms with E-state index >= 15 is 0 Å². The van der Waals surface area contributed by atoms with Gasteiger partial charge in [0.2, 0.25) is 11.9 Å². The lowest BCUT2D eigenvalue weighted by Crippen LogP contribution is -2.16. The molecule has 18 heavy (non-hydrogen) atoms. The summed E-state index contributed by atoms with van der Waals surface area (Å²) in [4.78, 5) is 32.9. The van der Waals surface area contributed by atoms with Gasteiger partial charge >= 0.3 is 0 Å². The fourth-order valence-electron chi connectivity index (χ4n) is 1.38. The van der Waals surface area contributed by atoms with Gasteiger partial charge in [0.25, 0.3) is 5.56 Å². The summed E-state index contributed by atoms with van der Waals surface area (Å²) in [6, 6.07) is 0. The number of imidazole rings is 1. The van der Waals surface area contributed by atoms with Gasteiger partial charge in [-0.05, 0) is 0 Å². The molecular formula is C10H9N5O3. The third kappa shape index (κ3) is 2.15. The molecule has 2 heterocycles. The number of rotatable bonds is 3. The van der Waals surface area contributed by atoms with Crippen LogP contribution in [0.4, 0.5) is 5.95 Å². The molecule has 0 saturated heterocycles. The van der Waals surface area contributed by atoms with Crippen LogP contribution in [-0.2, 0) is 16.3 Å². The Kier molecular flexibility index (Phi) is 2.97. The van der Waals surface area contributed by atoms with Crippen molar-refractivity contribution in [2.45, 2.75) is 13.7 Å². The number of carbonyl (C=O) groups is 1. The highest BCUT2D eigenvalue weighted by molar-refractivity contribution is 5.87. The highest BCUT2D eigenvalue weighted by Crippen LogP contribution is 2.07. The van der Waals surface area contributed by atoms with Crippen LogP contribution >= 0.6 is 0 Å². The van der Waals surface area contributed by atoms with Crippen molar-refractivity contribution >= 4 is 23.0 Å². The first-order valence-corrected chi connectivity index (χ1v) is 4.92. The summed E-state index contributed by atoms with van der Waals surface area (Å²) in [6.07, 6.45) is 8.34. The van der Waals surface area contributed by atoms with Crippen molar-refractivity contribution in [1.82, 2.24) is 19.5 Å². The molecule has 0 aliphatic heterocycles. The predicted octanol–water partition coefficient (Wildman–Crippen LogP) is -0.357. The van der Waals surface area contributed by atoms with Gasteiger partial charge in [0, 0.05) is 6.92 Å². The smallest absolute Gasteiger partial charge is 0.280 e. The van der Waals surface area contributed by atoms with E-state index in [1.165, 1.54) is 17.8 Å². The lowest BCUT2D eigenvalue weighted by molar-refractivity contribution is -0.114. The van der Waals surface area contributed by atoms with Crippen LogP contribution in [0.5, 0.6) is 0 Å². The second kappa shape index (κ2) is 4.58. The molecule has 2 rings (SSSR count). The predicted molar refractivity (Wildman–Crippen MR) is 62.4 cm³/mol. The molecule has 2 N–H and O–H groups in total. The molecule has 8 heteroatoms. The molecule has 92 valence electrons. The van der Waals surface area contributed by atoms with Crippen molar-refractivity contribution in [3.8, 4) is 12.5 Å². The van der Waals surface area contributed by atoms with Gasteiger partial charge in [0.05, 0.1) is 0 Å². The van der Waals surface area contributed by atoms with Crippen LogP contribution in [0.25, 0.3) is 11.2 Å². The number of hydrogen-bond acceptors (Lipinski definition) is 5. The number of nitrogens with one attached hydrogen (secondary N) is 2. The SMILES string of the molecule is C#COCn1cnc2c(=O)[nH]c(NC(C)=O)nc21. The Hall–Kier alpha value is -2.82. The minimum Gasteiger partial charge on any atom is -0.424 e. The average Bonchev–Trinajstić information content (AvgIpc) is 2.69. The van der Waals surface area contributed by atoms with Gasteiger partial charge in [-0.1, -0.05) is 6.42 Å². The first-order valence-electron chi connectivity index (χ1n) is 4.92. The summed E-state index contributed by atoms with van der Waals surface area (Å²) in [5, 5.41) is 2.38. The van der Waals surface area contributed by atoms with Crippen molar-refractivity contribution in [2.24, 2.45) is 0 Å². The van der Waals surface area contributed by atoms with Crippen molar-refractivity contribution in [3.63, 3.8) is 0 Å². The van der Waals surface area contributed by atoms with E-state index in [-0.39, 0.29) is 29.8 Å². The van der Waals surface area contributed by atoms with Crippen LogP contribution in [-0.4, -0.2) is 25.4 Å². The van der Waals surface area contributed by atoms with E-state index in [2.05, 4.69) is 20.3 Å². The molecule has 0 aliphatic carbocycles. The highest BCUT2D eigenvalue weighted by Gasteiger charge is 2.10. The lowest BCUT2D eigenvalue weighted by Gasteiger charge is -2.03. The molecule has 0 spiro atoms. The zero-order chi connectivity index (χ0) is 13.1. The van der Waals surface area contributed by atoms with Crippen LogP contribution < -0.4 is 10.9 Å². The van der Waals surface area contributed by atoms with Crippen LogP contribution in [0.2, 0.25) is 0 Å². The first-order chi connectivity index (χ1) is 8.61. The number of carbonyl (C=O) groups excluding carboxylic acids is 1. The molecule has 0 aromatic carbocycles. The highest BCUT2D eigenvalue weighted by atomic mass is 16.5. The second-order valence-corrected chi connectivity index (χ2v) is 3.37. The van der Waals surface area contributed by atoms with Gasteiger partial charge in [0.15, 0.2) is 17.9 Å². The third-order valence-corrected chi connectivity index (χ3v) is 2.06. The van der Waals surface area contributed by atoms with Crippen molar-refractivity contribution in [1.29, 1.82) is 0 Å². The first kappa shape index (κ1) is 11.7. The van der Waals surface area contributed by atoms with Crippen LogP contribution in [0.3, 0.4) is 0 Å². The Balaban J connectivity index is 2.50. The molecular weight excluding hydrogens is 238 g/mol. The Morgan fingerprint density at radius 2 is 2.50 bits per heavy atom. The summed E-state index contributed by atoms with van der Waals surface area (Å²) in [7, 11) is 0. The molecule has 0 radical (unpaired) electrons. The van der Waals surface area contributed by atoms with E-state index in [4.69, 9.17) is 11.2 Å². The van der Waals surface area contributed by atoms with Gasteiger partial charge in [0.1, 0.15) is 12.4 Å². The maximum absolute atomic E-state index is 11.7. The minimum absolute atomic E-state index is 0.0168. The van der Waals surface area contributed by atoms with Crippen LogP contribution in [0, 0.1) is 12.5 Å². The number of amides is 1. The number of aromatic nitrogens is 4. The quantitative estimate of drug-likeness (QED) is 0.721. The van der Waals surface area contributed by atoms with Crippen LogP contribution in [0.15, 0.2) is 11.1 Å². The molecule has 8 nitrogen and oxygen atoms in total. The molecule has 0 fully saturated rings. The molecule has 2 aromatic heterocycles. The van der Waals surface area contributed by atoms with Gasteiger partial charge in [-0.25, -0.2) is 4.98 Å². The largest absolute Gasteiger partial charge is 0.424 e. The minimum atomic E-state index is -0.455. The molecule has 0 bridgehead atoms. The molecule has 0 saturated carbocycles. The number of H-pyrrole nitrogens is 1. The number of fused-ring (bicyclic) bond motifs is 1. The third-order valence-electron chi connectivity index (χ3n) is 2.06. The number of anilines is 1. The van der Waals surface area contributed by atoms with E-state index in [1.54, 1.807) is 0 Å². The normalized spacial score (nSPS) is 10.0. The number of nitrogens with zero attached hydrogens (tertiary/aromatic N) is 3. The van der Waals surface area contributed by atoms with Gasteiger partial charge in [-0.2, -0.15) is 4.98 Å². The van der Waals surface area contributed by atoms with Gasteiger partial charge < -0.3 is 4.74 Å². The number of terminal acetylenes is 1. The summed E-state index contributed by atoms with van der Waals surface area (Å²) >= 11 is 0. The summed E-state index contributed by atoms with van der Waals surface area (Å²) in [6.45, 7) is 1.33. The van der Waals surface area contributed by atoms with E-state index in [1.807, 2.05) is 6.11 Å². The van der Waals surface area contributed by atoms with Crippen molar-refractivity contribution in [2.75, 3.05) is 5.32 Å². The lowest BCUT2D eigenvalue weighted by atomic mass is 10.5. The monoisotopic (exact) mass is 247 g/mol. The van der Waals surface area contributed by atoms with E-state index < -0.39 is 5.56 Å². The summed E-state index contributed by atoms with van der Waals surface area (Å²) < 4.78 is 6.21. The molecule has 0 atom stereocenters. The maximum Gasteiger partial charge on any atom is 0.280 e. The Labute approximate surface area is 101 Å². The fraction of sp³-hybridized carbons (Fsp3) is 0.200. The zero-order valence-corrected chi connectivity index (χ0v) is 9.43. The van der Waals surface area contributed by atoms with Crippen molar-refractivity contribution in [3.05, 3.63) is 16.7 Å². The Morgan fingerprint density at radius 1 is 1.72 bits per heavy atom. The Bertz CT molecular complexity index is 694. The average molecular weight is 247 g/mol. The Morgan fingerprint density at radius 3 is 3.17 bits per heavy atom. The summed E-state index contributed by atoms with van der Waals surface area (Å²) in [5.41, 5.74) is -0.0364. The molecule has 2 aromatic rings. The number of hydrogen-bond donors (Lipinski definition) is 2. The maximum atomic E-state index is 11.7. The number of aromatic amines is 1. The van der Waals surface area contributed by atoms with E-state index in [0.717, 1.165) is 0 Å². The van der Waals surface area contributed by atoms with Gasteiger partial charge in [-0.3, -0.25) is 24.5 Å². The van der Waals surface area contributed by atoms with Gasteiger partial charge in [-0.15, -0.1) is 0 Å². The molecule has 1 amide bonds. The summed E-state index contributed by atoms with van der Waals surface area (Å²) in [5.74, 6) is -0.300. The molecule has 0 aliphatic rings. The van der Waals surface area contributed by atoms with E-state index in [9.17, 15) is 9.59 Å². The number of ether oxygens (including phenoxy) is 1. The topological polar surface area (TPSA) is 102 Å². The van der Waals surface area contributed by atoms with Crippen molar-refractivity contribution < 1.29 is 9.53 Å². The van der Waals surface area contributed by atoms with E-state index in [0.29, 0.717) is 0 Å². The molecule has 0 unspecified atom stereocenters. The second-order valence-electron chi connectivity index (χ2n) is 3.37.